The maximum atomic E-state index is 12.8. The Kier molecular flexibility index (Phi) is 10.4. The minimum atomic E-state index is -5.08. The maximum Gasteiger partial charge on any atom is 0.490 e. The minimum absolute atomic E-state index is 0.00504. The lowest BCUT2D eigenvalue weighted by Crippen LogP contribution is -2.44. The molecule has 0 radical (unpaired) electrons. The molecule has 2 atom stereocenters. The van der Waals surface area contributed by atoms with Gasteiger partial charge in [0.1, 0.15) is 23.2 Å². The van der Waals surface area contributed by atoms with Gasteiger partial charge in [0.25, 0.3) is 0 Å². The highest BCUT2D eigenvalue weighted by Crippen LogP contribution is 2.34. The molecule has 0 saturated carbocycles. The van der Waals surface area contributed by atoms with Crippen LogP contribution in [0.15, 0.2) is 42.6 Å². The molecular weight excluding hydrogens is 531 g/mol. The number of carboxylic acids is 1. The number of aliphatic carboxylic acids is 1. The summed E-state index contributed by atoms with van der Waals surface area (Å²) in [6.45, 7) is 0.632. The number of carbonyl (C=O) groups is 1. The van der Waals surface area contributed by atoms with Crippen molar-refractivity contribution in [3.8, 4) is 11.8 Å². The monoisotopic (exact) mass is 558 g/mol. The summed E-state index contributed by atoms with van der Waals surface area (Å²) in [5.74, 6) is -1.86. The van der Waals surface area contributed by atoms with E-state index in [-0.39, 0.29) is 11.9 Å². The van der Waals surface area contributed by atoms with E-state index in [1.54, 1.807) is 24.3 Å². The van der Waals surface area contributed by atoms with Gasteiger partial charge in [0.05, 0.1) is 24.9 Å². The number of anilines is 1. The molecule has 2 aliphatic heterocycles. The molecule has 0 aliphatic carbocycles. The van der Waals surface area contributed by atoms with Gasteiger partial charge in [-0.25, -0.2) is 9.78 Å². The van der Waals surface area contributed by atoms with Gasteiger partial charge in [-0.15, -0.1) is 0 Å². The number of nitrogens with one attached hydrogen (secondary N) is 1. The fraction of sp³-hybridized carbons (Fsp3) is 0.480. The number of hydrogen-bond donors (Lipinski definition) is 2. The molecule has 0 bridgehead atoms. The maximum absolute atomic E-state index is 12.8. The van der Waals surface area contributed by atoms with Crippen molar-refractivity contribution >= 4 is 11.8 Å². The molecule has 0 amide bonds. The van der Waals surface area contributed by atoms with E-state index in [4.69, 9.17) is 24.6 Å². The van der Waals surface area contributed by atoms with Crippen LogP contribution in [-0.2, 0) is 20.8 Å². The lowest BCUT2D eigenvalue weighted by molar-refractivity contribution is -0.192. The summed E-state index contributed by atoms with van der Waals surface area (Å²) < 4.78 is 74.2. The van der Waals surface area contributed by atoms with Crippen LogP contribution >= 0.6 is 0 Å². The second kappa shape index (κ2) is 13.5. The number of nitrogens with zero attached hydrogens (tertiary/aromatic N) is 3. The lowest BCUT2D eigenvalue weighted by atomic mass is 9.99. The first-order valence-corrected chi connectivity index (χ1v) is 11.9. The predicted molar refractivity (Wildman–Crippen MR) is 127 cm³/mol. The van der Waals surface area contributed by atoms with E-state index in [0.717, 1.165) is 12.8 Å². The van der Waals surface area contributed by atoms with Crippen molar-refractivity contribution in [1.29, 1.82) is 5.26 Å². The number of benzene rings is 1. The molecular formula is C25H27F5N4O5. The highest BCUT2D eigenvalue weighted by atomic mass is 19.4. The van der Waals surface area contributed by atoms with E-state index in [9.17, 15) is 22.0 Å². The van der Waals surface area contributed by atoms with Crippen LogP contribution in [0.3, 0.4) is 0 Å². The van der Waals surface area contributed by atoms with E-state index in [2.05, 4.69) is 26.0 Å². The van der Waals surface area contributed by atoms with Gasteiger partial charge < -0.3 is 24.6 Å². The van der Waals surface area contributed by atoms with Crippen molar-refractivity contribution in [2.45, 2.75) is 43.9 Å². The van der Waals surface area contributed by atoms with Gasteiger partial charge in [-0.3, -0.25) is 4.90 Å². The molecule has 1 aromatic heterocycles. The van der Waals surface area contributed by atoms with Crippen molar-refractivity contribution in [2.24, 2.45) is 0 Å². The number of carboxylic acid groups (broad SMARTS) is 1. The highest BCUT2D eigenvalue weighted by molar-refractivity contribution is 5.73. The van der Waals surface area contributed by atoms with Gasteiger partial charge in [-0.2, -0.15) is 27.2 Å². The Morgan fingerprint density at radius 1 is 1.31 bits per heavy atom. The van der Waals surface area contributed by atoms with Crippen LogP contribution in [0.4, 0.5) is 27.8 Å². The molecule has 2 aliphatic rings. The van der Waals surface area contributed by atoms with Crippen molar-refractivity contribution in [1.82, 2.24) is 9.88 Å². The summed E-state index contributed by atoms with van der Waals surface area (Å²) in [6, 6.07) is 12.4. The first-order chi connectivity index (χ1) is 18.5. The molecule has 2 aromatic rings. The van der Waals surface area contributed by atoms with Crippen LogP contribution in [0.5, 0.6) is 5.75 Å². The van der Waals surface area contributed by atoms with Gasteiger partial charge in [-0.1, -0.05) is 18.2 Å². The number of halogens is 5. The predicted octanol–water partition coefficient (Wildman–Crippen LogP) is 4.05. The van der Waals surface area contributed by atoms with E-state index in [1.807, 2.05) is 12.1 Å². The average Bonchev–Trinajstić information content (AvgIpc) is 3.17. The Morgan fingerprint density at radius 3 is 2.69 bits per heavy atom. The first kappa shape index (κ1) is 30.0. The van der Waals surface area contributed by atoms with Crippen LogP contribution in [0, 0.1) is 11.3 Å². The van der Waals surface area contributed by atoms with Crippen molar-refractivity contribution < 1.29 is 46.1 Å². The Labute approximate surface area is 221 Å². The van der Waals surface area contributed by atoms with E-state index >= 15 is 0 Å². The number of alkyl halides is 5. The summed E-state index contributed by atoms with van der Waals surface area (Å²) >= 11 is 0. The third-order valence-corrected chi connectivity index (χ3v) is 6.00. The summed E-state index contributed by atoms with van der Waals surface area (Å²) in [6.07, 6.45) is -1.81. The van der Waals surface area contributed by atoms with Crippen LogP contribution in [0.25, 0.3) is 0 Å². The Balaban J connectivity index is 0.000000532. The van der Waals surface area contributed by atoms with E-state index in [1.165, 1.54) is 6.20 Å². The quantitative estimate of drug-likeness (QED) is 0.486. The molecule has 0 unspecified atom stereocenters. The number of rotatable bonds is 7. The summed E-state index contributed by atoms with van der Waals surface area (Å²) in [7, 11) is 0. The van der Waals surface area contributed by atoms with Gasteiger partial charge in [0.15, 0.2) is 0 Å². The molecule has 3 heterocycles. The molecule has 212 valence electrons. The van der Waals surface area contributed by atoms with Crippen molar-refractivity contribution in [3.63, 3.8) is 0 Å². The zero-order valence-corrected chi connectivity index (χ0v) is 20.7. The second-order valence-electron chi connectivity index (χ2n) is 8.94. The Hall–Kier alpha value is -3.54. The molecule has 9 nitrogen and oxygen atoms in total. The van der Waals surface area contributed by atoms with Crippen molar-refractivity contribution in [3.05, 3.63) is 53.7 Å². The Bertz CT molecular complexity index is 1130. The molecule has 1 spiro atoms. The third-order valence-electron chi connectivity index (χ3n) is 6.00. The van der Waals surface area contributed by atoms with Crippen LogP contribution in [0.1, 0.15) is 24.0 Å². The average molecular weight is 559 g/mol. The number of para-hydroxylation sites is 1. The van der Waals surface area contributed by atoms with E-state index in [0.29, 0.717) is 56.3 Å². The molecule has 39 heavy (non-hydrogen) atoms. The smallest absolute Gasteiger partial charge is 0.475 e. The molecule has 2 saturated heterocycles. The van der Waals surface area contributed by atoms with Crippen molar-refractivity contribution in [2.75, 3.05) is 38.2 Å². The lowest BCUT2D eigenvalue weighted by Gasteiger charge is -2.32. The second-order valence-corrected chi connectivity index (χ2v) is 8.94. The van der Waals surface area contributed by atoms with Gasteiger partial charge in [0, 0.05) is 37.9 Å². The third kappa shape index (κ3) is 9.31. The molecule has 14 heteroatoms. The number of nitriles is 1. The number of hydrogen-bond acceptors (Lipinski definition) is 8. The standard InChI is InChI=1S/C23H26F2N4O3.C2HF3O2/c24-22(25)31-20-4-2-1-3-18(20)14-29-9-10-30-16-23(15-29)8-7-19(32-23)13-28-21-6-5-17(11-26)12-27-21;3-2(4,5)1(6)7/h1-6,12,19,22H,7-10,13-16H2,(H,27,28);(H,6,7)/t19-,23-;/m1./s1. The van der Waals surface area contributed by atoms with Gasteiger partial charge in [-0.05, 0) is 31.0 Å². The molecule has 4 rings (SSSR count). The normalized spacial score (nSPS) is 21.5. The molecule has 2 fully saturated rings. The zero-order valence-electron chi connectivity index (χ0n) is 20.7. The Morgan fingerprint density at radius 2 is 2.05 bits per heavy atom. The van der Waals surface area contributed by atoms with Crippen LogP contribution in [0.2, 0.25) is 0 Å². The summed E-state index contributed by atoms with van der Waals surface area (Å²) in [5, 5.41) is 19.3. The fourth-order valence-corrected chi connectivity index (χ4v) is 4.25. The summed E-state index contributed by atoms with van der Waals surface area (Å²) in [4.78, 5) is 15.3. The highest BCUT2D eigenvalue weighted by Gasteiger charge is 2.43. The topological polar surface area (TPSA) is 117 Å². The zero-order chi connectivity index (χ0) is 28.5. The largest absolute Gasteiger partial charge is 0.490 e. The number of pyridine rings is 1. The number of ether oxygens (including phenoxy) is 3. The summed E-state index contributed by atoms with van der Waals surface area (Å²) in [5.41, 5.74) is 0.801. The fourth-order valence-electron chi connectivity index (χ4n) is 4.25. The van der Waals surface area contributed by atoms with E-state index < -0.39 is 24.4 Å². The first-order valence-electron chi connectivity index (χ1n) is 11.9. The van der Waals surface area contributed by atoms with Gasteiger partial charge >= 0.3 is 18.8 Å². The number of aromatic nitrogens is 1. The minimum Gasteiger partial charge on any atom is -0.475 e. The van der Waals surface area contributed by atoms with Gasteiger partial charge in [0.2, 0.25) is 0 Å². The molecule has 1 aromatic carbocycles. The van der Waals surface area contributed by atoms with Crippen LogP contribution in [-0.4, -0.2) is 78.3 Å². The SMILES string of the molecule is N#Cc1ccc(NC[C@H]2CC[C@@]3(COCCN(Cc4ccccc4OC(F)F)C3)O2)nc1.O=C(O)C(F)(F)F. The van der Waals surface area contributed by atoms with Crippen LogP contribution < -0.4 is 10.1 Å². The molecule has 2 N–H and O–H groups in total.